The molecule has 4 N–H and O–H groups in total. The van der Waals surface area contributed by atoms with E-state index >= 15 is 0 Å². The van der Waals surface area contributed by atoms with Crippen molar-refractivity contribution in [1.29, 1.82) is 0 Å². The first-order valence-corrected chi connectivity index (χ1v) is 8.34. The van der Waals surface area contributed by atoms with Gasteiger partial charge in [-0.1, -0.05) is 0 Å². The standard InChI is InChI=1S/C18H24N4O2/c1-12-16(10-15(19)11-21-12)14-8-17(13-2-6-24-7-3-13)22-18(9-14)20-4-5-23/h8-11,13,23H,2-7,19H2,1H3,(H,20,22). The predicted octanol–water partition coefficient (Wildman–Crippen LogP) is 2.33. The van der Waals surface area contributed by atoms with E-state index in [4.69, 9.17) is 20.6 Å². The molecule has 0 unspecified atom stereocenters. The number of pyridine rings is 2. The maximum absolute atomic E-state index is 9.08. The Kier molecular flexibility index (Phi) is 5.27. The minimum absolute atomic E-state index is 0.0668. The summed E-state index contributed by atoms with van der Waals surface area (Å²) in [4.78, 5) is 9.11. The number of nitrogen functional groups attached to an aromatic ring is 1. The average Bonchev–Trinajstić information content (AvgIpc) is 2.62. The number of nitrogens with one attached hydrogen (secondary N) is 1. The zero-order valence-electron chi connectivity index (χ0n) is 14.0. The van der Waals surface area contributed by atoms with Crippen LogP contribution in [-0.4, -0.2) is 41.4 Å². The van der Waals surface area contributed by atoms with Crippen LogP contribution in [-0.2, 0) is 4.74 Å². The molecule has 0 radical (unpaired) electrons. The number of nitrogens with zero attached hydrogens (tertiary/aromatic N) is 2. The Labute approximate surface area is 142 Å². The molecule has 24 heavy (non-hydrogen) atoms. The first kappa shape index (κ1) is 16.7. The molecular weight excluding hydrogens is 304 g/mol. The van der Waals surface area contributed by atoms with Crippen LogP contribution in [0.2, 0.25) is 0 Å². The molecule has 0 saturated carbocycles. The van der Waals surface area contributed by atoms with Gasteiger partial charge in [-0.3, -0.25) is 4.98 Å². The maximum Gasteiger partial charge on any atom is 0.126 e. The maximum atomic E-state index is 9.08. The van der Waals surface area contributed by atoms with Crippen LogP contribution >= 0.6 is 0 Å². The summed E-state index contributed by atoms with van der Waals surface area (Å²) in [6.45, 7) is 4.06. The zero-order valence-corrected chi connectivity index (χ0v) is 14.0. The fourth-order valence-electron chi connectivity index (χ4n) is 3.03. The van der Waals surface area contributed by atoms with Crippen molar-refractivity contribution in [3.63, 3.8) is 0 Å². The van der Waals surface area contributed by atoms with Crippen molar-refractivity contribution < 1.29 is 9.84 Å². The van der Waals surface area contributed by atoms with E-state index in [0.717, 1.165) is 54.4 Å². The second kappa shape index (κ2) is 7.59. The van der Waals surface area contributed by atoms with E-state index in [0.29, 0.717) is 18.2 Å². The van der Waals surface area contributed by atoms with Gasteiger partial charge in [0.25, 0.3) is 0 Å². The number of anilines is 2. The van der Waals surface area contributed by atoms with Crippen molar-refractivity contribution in [2.45, 2.75) is 25.7 Å². The van der Waals surface area contributed by atoms with E-state index in [1.165, 1.54) is 0 Å². The molecule has 2 aromatic heterocycles. The van der Waals surface area contributed by atoms with Crippen LogP contribution in [0.1, 0.15) is 30.1 Å². The van der Waals surface area contributed by atoms with Gasteiger partial charge in [-0.15, -0.1) is 0 Å². The summed E-state index contributed by atoms with van der Waals surface area (Å²) >= 11 is 0. The molecule has 0 aliphatic carbocycles. The van der Waals surface area contributed by atoms with Crippen LogP contribution < -0.4 is 11.1 Å². The molecule has 1 saturated heterocycles. The lowest BCUT2D eigenvalue weighted by Crippen LogP contribution is -2.16. The van der Waals surface area contributed by atoms with Crippen molar-refractivity contribution in [2.75, 3.05) is 37.4 Å². The highest BCUT2D eigenvalue weighted by Gasteiger charge is 2.19. The Balaban J connectivity index is 2.01. The fraction of sp³-hybridized carbons (Fsp3) is 0.444. The first-order valence-electron chi connectivity index (χ1n) is 8.34. The first-order chi connectivity index (χ1) is 11.7. The summed E-state index contributed by atoms with van der Waals surface area (Å²) in [6, 6.07) is 6.06. The van der Waals surface area contributed by atoms with Gasteiger partial charge in [0.15, 0.2) is 0 Å². The molecular formula is C18H24N4O2. The Morgan fingerprint density at radius 3 is 2.83 bits per heavy atom. The van der Waals surface area contributed by atoms with Crippen molar-refractivity contribution in [3.8, 4) is 11.1 Å². The number of aryl methyl sites for hydroxylation is 1. The van der Waals surface area contributed by atoms with E-state index in [1.54, 1.807) is 6.20 Å². The summed E-state index contributed by atoms with van der Waals surface area (Å²) in [5, 5.41) is 12.3. The van der Waals surface area contributed by atoms with Gasteiger partial charge in [0, 0.05) is 42.6 Å². The summed E-state index contributed by atoms with van der Waals surface area (Å²) in [6.07, 6.45) is 3.62. The third-order valence-corrected chi connectivity index (χ3v) is 4.32. The molecule has 0 spiro atoms. The SMILES string of the molecule is Cc1ncc(N)cc1-c1cc(NCCO)nc(C2CCOCC2)c1. The Bertz CT molecular complexity index is 699. The molecule has 6 heteroatoms. The number of hydrogen-bond donors (Lipinski definition) is 3. The van der Waals surface area contributed by atoms with Crippen LogP contribution in [0, 0.1) is 6.92 Å². The molecule has 0 bridgehead atoms. The number of rotatable bonds is 5. The molecule has 1 fully saturated rings. The molecule has 2 aromatic rings. The number of nitrogens with two attached hydrogens (primary N) is 1. The Morgan fingerprint density at radius 1 is 1.29 bits per heavy atom. The lowest BCUT2D eigenvalue weighted by molar-refractivity contribution is 0.0845. The highest BCUT2D eigenvalue weighted by Crippen LogP contribution is 2.32. The molecule has 1 aliphatic heterocycles. The van der Waals surface area contributed by atoms with Crippen molar-refractivity contribution in [3.05, 3.63) is 35.8 Å². The summed E-state index contributed by atoms with van der Waals surface area (Å²) < 4.78 is 5.46. The quantitative estimate of drug-likeness (QED) is 0.780. The van der Waals surface area contributed by atoms with Gasteiger partial charge < -0.3 is 20.9 Å². The van der Waals surface area contributed by atoms with Gasteiger partial charge in [-0.25, -0.2) is 4.98 Å². The third kappa shape index (κ3) is 3.83. The third-order valence-electron chi connectivity index (χ3n) is 4.32. The van der Waals surface area contributed by atoms with Crippen LogP contribution in [0.4, 0.5) is 11.5 Å². The fourth-order valence-corrected chi connectivity index (χ4v) is 3.03. The van der Waals surface area contributed by atoms with Gasteiger partial charge in [0.1, 0.15) is 5.82 Å². The second-order valence-corrected chi connectivity index (χ2v) is 6.10. The van der Waals surface area contributed by atoms with Gasteiger partial charge in [-0.05, 0) is 43.5 Å². The lowest BCUT2D eigenvalue weighted by atomic mass is 9.93. The van der Waals surface area contributed by atoms with Gasteiger partial charge in [0.05, 0.1) is 18.5 Å². The largest absolute Gasteiger partial charge is 0.397 e. The lowest BCUT2D eigenvalue weighted by Gasteiger charge is -2.23. The number of hydrogen-bond acceptors (Lipinski definition) is 6. The second-order valence-electron chi connectivity index (χ2n) is 6.10. The van der Waals surface area contributed by atoms with Gasteiger partial charge >= 0.3 is 0 Å². The van der Waals surface area contributed by atoms with Crippen LogP contribution in [0.3, 0.4) is 0 Å². The van der Waals surface area contributed by atoms with E-state index in [9.17, 15) is 0 Å². The molecule has 0 amide bonds. The molecule has 0 aromatic carbocycles. The van der Waals surface area contributed by atoms with Gasteiger partial charge in [0.2, 0.25) is 0 Å². The van der Waals surface area contributed by atoms with Crippen LogP contribution in [0.5, 0.6) is 0 Å². The monoisotopic (exact) mass is 328 g/mol. The van der Waals surface area contributed by atoms with E-state index in [2.05, 4.69) is 16.4 Å². The normalized spacial score (nSPS) is 15.4. The molecule has 1 aliphatic rings. The minimum atomic E-state index is 0.0668. The highest BCUT2D eigenvalue weighted by molar-refractivity contribution is 5.71. The molecule has 0 atom stereocenters. The molecule has 6 nitrogen and oxygen atoms in total. The van der Waals surface area contributed by atoms with Crippen molar-refractivity contribution in [1.82, 2.24) is 9.97 Å². The summed E-state index contributed by atoms with van der Waals surface area (Å²) in [7, 11) is 0. The van der Waals surface area contributed by atoms with E-state index in [1.807, 2.05) is 19.1 Å². The zero-order chi connectivity index (χ0) is 16.9. The number of aliphatic hydroxyl groups excluding tert-OH is 1. The molecule has 3 heterocycles. The van der Waals surface area contributed by atoms with Crippen molar-refractivity contribution in [2.24, 2.45) is 0 Å². The van der Waals surface area contributed by atoms with E-state index < -0.39 is 0 Å². The topological polar surface area (TPSA) is 93.3 Å². The Hall–Kier alpha value is -2.18. The highest BCUT2D eigenvalue weighted by atomic mass is 16.5. The van der Waals surface area contributed by atoms with Crippen molar-refractivity contribution >= 4 is 11.5 Å². The molecule has 3 rings (SSSR count). The smallest absolute Gasteiger partial charge is 0.126 e. The predicted molar refractivity (Wildman–Crippen MR) is 95.0 cm³/mol. The van der Waals surface area contributed by atoms with E-state index in [-0.39, 0.29) is 6.61 Å². The minimum Gasteiger partial charge on any atom is -0.397 e. The van der Waals surface area contributed by atoms with Gasteiger partial charge in [-0.2, -0.15) is 0 Å². The average molecular weight is 328 g/mol. The number of aromatic nitrogens is 2. The van der Waals surface area contributed by atoms with Crippen LogP contribution in [0.25, 0.3) is 11.1 Å². The number of aliphatic hydroxyl groups is 1. The summed E-state index contributed by atoms with van der Waals surface area (Å²) in [5.41, 5.74) is 10.6. The Morgan fingerprint density at radius 2 is 2.08 bits per heavy atom. The number of ether oxygens (including phenoxy) is 1. The molecule has 128 valence electrons. The van der Waals surface area contributed by atoms with Crippen LogP contribution in [0.15, 0.2) is 24.4 Å². The summed E-state index contributed by atoms with van der Waals surface area (Å²) in [5.74, 6) is 1.16.